The van der Waals surface area contributed by atoms with E-state index in [0.717, 1.165) is 18.7 Å². The van der Waals surface area contributed by atoms with E-state index in [-0.39, 0.29) is 0 Å². The monoisotopic (exact) mass is 272 g/mol. The van der Waals surface area contributed by atoms with Crippen LogP contribution >= 0.6 is 0 Å². The standard InChI is InChI=1S/C15H20N4O/c1-3-10-20-15-13(16)14(17-11-18-15)19(4-2)12-8-6-5-7-9-12/h5-9,11H,3-4,10,16H2,1-2H3. The molecule has 0 aliphatic carbocycles. The minimum absolute atomic E-state index is 0.450. The number of para-hydroxylation sites is 1. The Morgan fingerprint density at radius 3 is 2.55 bits per heavy atom. The molecule has 0 atom stereocenters. The SMILES string of the molecule is CCCOc1ncnc(N(CC)c2ccccc2)c1N. The summed E-state index contributed by atoms with van der Waals surface area (Å²) in [5.41, 5.74) is 7.67. The fourth-order valence-electron chi connectivity index (χ4n) is 1.96. The maximum absolute atomic E-state index is 6.15. The van der Waals surface area contributed by atoms with Crippen LogP contribution in [0.1, 0.15) is 20.3 Å². The van der Waals surface area contributed by atoms with Crippen molar-refractivity contribution in [3.05, 3.63) is 36.7 Å². The van der Waals surface area contributed by atoms with Crippen LogP contribution in [0.3, 0.4) is 0 Å². The first-order valence-electron chi connectivity index (χ1n) is 6.83. The summed E-state index contributed by atoms with van der Waals surface area (Å²) in [5, 5.41) is 0. The van der Waals surface area contributed by atoms with Gasteiger partial charge in [0.1, 0.15) is 12.0 Å². The molecule has 0 bridgehead atoms. The number of anilines is 3. The zero-order valence-corrected chi connectivity index (χ0v) is 11.9. The van der Waals surface area contributed by atoms with Crippen LogP contribution < -0.4 is 15.4 Å². The first-order chi connectivity index (χ1) is 9.77. The fraction of sp³-hybridized carbons (Fsp3) is 0.333. The van der Waals surface area contributed by atoms with E-state index in [4.69, 9.17) is 10.5 Å². The first kappa shape index (κ1) is 14.1. The summed E-state index contributed by atoms with van der Waals surface area (Å²) in [7, 11) is 0. The van der Waals surface area contributed by atoms with Crippen molar-refractivity contribution in [2.75, 3.05) is 23.8 Å². The van der Waals surface area contributed by atoms with E-state index in [1.807, 2.05) is 42.2 Å². The minimum Gasteiger partial charge on any atom is -0.476 e. The van der Waals surface area contributed by atoms with Gasteiger partial charge >= 0.3 is 0 Å². The Balaban J connectivity index is 2.35. The molecule has 2 aromatic rings. The summed E-state index contributed by atoms with van der Waals surface area (Å²) in [6.07, 6.45) is 2.40. The lowest BCUT2D eigenvalue weighted by Crippen LogP contribution is -2.19. The Kier molecular flexibility index (Phi) is 4.76. The Morgan fingerprint density at radius 1 is 1.15 bits per heavy atom. The Hall–Kier alpha value is -2.30. The van der Waals surface area contributed by atoms with Gasteiger partial charge in [0.05, 0.1) is 6.61 Å². The van der Waals surface area contributed by atoms with Gasteiger partial charge in [0.2, 0.25) is 5.88 Å². The van der Waals surface area contributed by atoms with E-state index < -0.39 is 0 Å². The molecule has 0 aliphatic rings. The molecule has 5 nitrogen and oxygen atoms in total. The molecule has 2 rings (SSSR count). The zero-order chi connectivity index (χ0) is 14.4. The van der Waals surface area contributed by atoms with Gasteiger partial charge in [-0.25, -0.2) is 4.98 Å². The summed E-state index contributed by atoms with van der Waals surface area (Å²) in [6.45, 7) is 5.46. The van der Waals surface area contributed by atoms with Gasteiger partial charge in [-0.05, 0) is 25.5 Å². The van der Waals surface area contributed by atoms with Gasteiger partial charge in [0.15, 0.2) is 5.82 Å². The van der Waals surface area contributed by atoms with Gasteiger partial charge in [-0.1, -0.05) is 25.1 Å². The number of aromatic nitrogens is 2. The van der Waals surface area contributed by atoms with Crippen molar-refractivity contribution in [1.82, 2.24) is 9.97 Å². The van der Waals surface area contributed by atoms with Gasteiger partial charge in [-0.3, -0.25) is 0 Å². The Morgan fingerprint density at radius 2 is 1.90 bits per heavy atom. The third-order valence-electron chi connectivity index (χ3n) is 2.91. The molecular formula is C15H20N4O. The lowest BCUT2D eigenvalue weighted by molar-refractivity contribution is 0.306. The van der Waals surface area contributed by atoms with E-state index in [1.165, 1.54) is 6.33 Å². The highest BCUT2D eigenvalue weighted by molar-refractivity contribution is 5.74. The fourth-order valence-corrected chi connectivity index (χ4v) is 1.96. The van der Waals surface area contributed by atoms with E-state index in [0.29, 0.717) is 24.0 Å². The molecule has 5 heteroatoms. The van der Waals surface area contributed by atoms with Crippen LogP contribution in [0.15, 0.2) is 36.7 Å². The van der Waals surface area contributed by atoms with Gasteiger partial charge in [0, 0.05) is 12.2 Å². The molecule has 1 heterocycles. The number of hydrogen-bond donors (Lipinski definition) is 1. The Labute approximate surface area is 119 Å². The average Bonchev–Trinajstić information content (AvgIpc) is 2.49. The molecule has 1 aromatic carbocycles. The summed E-state index contributed by atoms with van der Waals surface area (Å²) in [5.74, 6) is 1.13. The van der Waals surface area contributed by atoms with E-state index in [9.17, 15) is 0 Å². The van der Waals surface area contributed by atoms with E-state index >= 15 is 0 Å². The summed E-state index contributed by atoms with van der Waals surface area (Å²) in [4.78, 5) is 10.4. The van der Waals surface area contributed by atoms with Crippen LogP contribution in [0.5, 0.6) is 5.88 Å². The molecular weight excluding hydrogens is 252 g/mol. The van der Waals surface area contributed by atoms with Gasteiger partial charge in [0.25, 0.3) is 0 Å². The maximum Gasteiger partial charge on any atom is 0.242 e. The third kappa shape index (κ3) is 2.99. The Bertz CT molecular complexity index is 545. The van der Waals surface area contributed by atoms with Crippen molar-refractivity contribution in [3.8, 4) is 5.88 Å². The predicted octanol–water partition coefficient (Wildman–Crippen LogP) is 3.01. The van der Waals surface area contributed by atoms with E-state index in [2.05, 4.69) is 16.9 Å². The molecule has 0 saturated heterocycles. The maximum atomic E-state index is 6.15. The number of hydrogen-bond acceptors (Lipinski definition) is 5. The largest absolute Gasteiger partial charge is 0.476 e. The number of nitrogens with zero attached hydrogens (tertiary/aromatic N) is 3. The third-order valence-corrected chi connectivity index (χ3v) is 2.91. The molecule has 0 spiro atoms. The molecule has 106 valence electrons. The number of nitrogens with two attached hydrogens (primary N) is 1. The second-order valence-corrected chi connectivity index (χ2v) is 4.34. The molecule has 0 aliphatic heterocycles. The lowest BCUT2D eigenvalue weighted by Gasteiger charge is -2.23. The van der Waals surface area contributed by atoms with Crippen LogP contribution in [-0.4, -0.2) is 23.1 Å². The normalized spacial score (nSPS) is 10.3. The number of benzene rings is 1. The van der Waals surface area contributed by atoms with Crippen molar-refractivity contribution in [3.63, 3.8) is 0 Å². The van der Waals surface area contributed by atoms with Crippen LogP contribution in [0.4, 0.5) is 17.2 Å². The van der Waals surface area contributed by atoms with Gasteiger partial charge in [-0.15, -0.1) is 0 Å². The summed E-state index contributed by atoms with van der Waals surface area (Å²) in [6, 6.07) is 10.0. The smallest absolute Gasteiger partial charge is 0.242 e. The number of nitrogen functional groups attached to an aromatic ring is 1. The molecule has 0 saturated carbocycles. The second kappa shape index (κ2) is 6.75. The topological polar surface area (TPSA) is 64.3 Å². The second-order valence-electron chi connectivity index (χ2n) is 4.34. The highest BCUT2D eigenvalue weighted by atomic mass is 16.5. The van der Waals surface area contributed by atoms with E-state index in [1.54, 1.807) is 0 Å². The molecule has 0 fully saturated rings. The molecule has 2 N–H and O–H groups in total. The number of ether oxygens (including phenoxy) is 1. The van der Waals surface area contributed by atoms with Crippen LogP contribution in [0.2, 0.25) is 0 Å². The van der Waals surface area contributed by atoms with Crippen molar-refractivity contribution >= 4 is 17.2 Å². The van der Waals surface area contributed by atoms with Crippen molar-refractivity contribution < 1.29 is 4.74 Å². The zero-order valence-electron chi connectivity index (χ0n) is 11.9. The van der Waals surface area contributed by atoms with Crippen LogP contribution in [0.25, 0.3) is 0 Å². The molecule has 0 amide bonds. The van der Waals surface area contributed by atoms with Gasteiger partial charge in [-0.2, -0.15) is 4.98 Å². The predicted molar refractivity (Wildman–Crippen MR) is 81.4 cm³/mol. The lowest BCUT2D eigenvalue weighted by atomic mass is 10.2. The average molecular weight is 272 g/mol. The van der Waals surface area contributed by atoms with Crippen molar-refractivity contribution in [2.45, 2.75) is 20.3 Å². The summed E-state index contributed by atoms with van der Waals surface area (Å²) < 4.78 is 5.55. The van der Waals surface area contributed by atoms with Crippen LogP contribution in [-0.2, 0) is 0 Å². The van der Waals surface area contributed by atoms with Gasteiger partial charge < -0.3 is 15.4 Å². The highest BCUT2D eigenvalue weighted by Gasteiger charge is 2.16. The van der Waals surface area contributed by atoms with Crippen LogP contribution in [0, 0.1) is 0 Å². The van der Waals surface area contributed by atoms with Crippen molar-refractivity contribution in [1.29, 1.82) is 0 Å². The summed E-state index contributed by atoms with van der Waals surface area (Å²) >= 11 is 0. The quantitative estimate of drug-likeness (QED) is 0.875. The molecule has 1 aromatic heterocycles. The van der Waals surface area contributed by atoms with Crippen molar-refractivity contribution in [2.24, 2.45) is 0 Å². The highest BCUT2D eigenvalue weighted by Crippen LogP contribution is 2.32. The molecule has 0 unspecified atom stereocenters. The number of rotatable bonds is 6. The molecule has 20 heavy (non-hydrogen) atoms. The first-order valence-corrected chi connectivity index (χ1v) is 6.83. The molecule has 0 radical (unpaired) electrons. The minimum atomic E-state index is 0.450.